The first kappa shape index (κ1) is 25.6. The van der Waals surface area contributed by atoms with Gasteiger partial charge in [-0.25, -0.2) is 4.39 Å². The molecule has 0 aliphatic rings. The molecule has 1 unspecified atom stereocenters. The van der Waals surface area contributed by atoms with Gasteiger partial charge in [0.25, 0.3) is 0 Å². The average Bonchev–Trinajstić information content (AvgIpc) is 2.81. The number of phenolic OH excluding ortho intramolecular Hbond substituents is 1. The van der Waals surface area contributed by atoms with Crippen molar-refractivity contribution in [1.82, 2.24) is 10.3 Å². The van der Waals surface area contributed by atoms with Crippen LogP contribution in [0.15, 0.2) is 59.4 Å². The Bertz CT molecular complexity index is 1070. The molecule has 0 spiro atoms. The van der Waals surface area contributed by atoms with E-state index >= 15 is 0 Å². The van der Waals surface area contributed by atoms with E-state index in [9.17, 15) is 19.4 Å². The number of aromatic nitrogens is 1. The van der Waals surface area contributed by atoms with E-state index in [4.69, 9.17) is 4.74 Å². The van der Waals surface area contributed by atoms with Crippen LogP contribution in [0.4, 0.5) is 4.39 Å². The molecular weight excluding hydrogens is 538 g/mol. The molecule has 0 bridgehead atoms. The Labute approximate surface area is 206 Å². The maximum atomic E-state index is 14.7. The maximum absolute atomic E-state index is 14.7. The lowest BCUT2D eigenvalue weighted by molar-refractivity contribution is 0.0696. The van der Waals surface area contributed by atoms with Crippen molar-refractivity contribution in [3.05, 3.63) is 76.1 Å². The van der Waals surface area contributed by atoms with Crippen LogP contribution in [0.3, 0.4) is 0 Å². The van der Waals surface area contributed by atoms with Crippen molar-refractivity contribution in [2.45, 2.75) is 35.5 Å². The van der Waals surface area contributed by atoms with Crippen LogP contribution in [-0.4, -0.2) is 41.5 Å². The second-order valence-electron chi connectivity index (χ2n) is 8.04. The molecule has 4 N–H and O–H groups in total. The van der Waals surface area contributed by atoms with E-state index < -0.39 is 9.78 Å². The van der Waals surface area contributed by atoms with E-state index in [0.717, 1.165) is 32.2 Å². The number of aliphatic hydroxyl groups is 1. The van der Waals surface area contributed by atoms with Gasteiger partial charge in [0.05, 0.1) is 18.2 Å². The topological polar surface area (TPSA) is 94.6 Å². The van der Waals surface area contributed by atoms with Crippen LogP contribution in [0.25, 0.3) is 10.9 Å². The van der Waals surface area contributed by atoms with Gasteiger partial charge in [-0.3, -0.25) is 4.79 Å². The number of halogens is 2. The number of rotatable bonds is 13. The van der Waals surface area contributed by atoms with Crippen LogP contribution in [0, 0.1) is 0 Å². The molecule has 0 radical (unpaired) electrons. The van der Waals surface area contributed by atoms with Crippen LogP contribution in [0.5, 0.6) is 5.75 Å². The first-order chi connectivity index (χ1) is 15.9. The van der Waals surface area contributed by atoms with Gasteiger partial charge in [-0.1, -0.05) is 49.2 Å². The summed E-state index contributed by atoms with van der Waals surface area (Å²) in [5.74, 6) is -0.0219. The Kier molecular flexibility index (Phi) is 9.66. The van der Waals surface area contributed by atoms with Crippen molar-refractivity contribution in [3.63, 3.8) is 0 Å². The van der Waals surface area contributed by atoms with Gasteiger partial charge in [0, 0.05) is 30.2 Å². The predicted molar refractivity (Wildman–Crippen MR) is 137 cm³/mol. The van der Waals surface area contributed by atoms with Crippen molar-refractivity contribution in [1.29, 1.82) is 0 Å². The normalized spacial score (nSPS) is 14.3. The summed E-state index contributed by atoms with van der Waals surface area (Å²) in [5, 5.41) is 24.4. The lowest BCUT2D eigenvalue weighted by Gasteiger charge is -2.19. The second kappa shape index (κ2) is 12.5. The Morgan fingerprint density at radius 1 is 1.06 bits per heavy atom. The number of hydrogen-bond donors (Lipinski definition) is 4. The molecule has 178 valence electrons. The number of nitrogens with one attached hydrogen (secondary N) is 2. The summed E-state index contributed by atoms with van der Waals surface area (Å²) in [6.45, 7) is 1.70. The monoisotopic (exact) mass is 568 g/mol. The number of aromatic hydroxyl groups is 1. The minimum atomic E-state index is -1.51. The Hall–Kier alpha value is -2.01. The molecule has 0 amide bonds. The summed E-state index contributed by atoms with van der Waals surface area (Å²) >= 11 is 1.79. The van der Waals surface area contributed by atoms with Gasteiger partial charge in [0.15, 0.2) is 0 Å². The number of pyridine rings is 1. The van der Waals surface area contributed by atoms with E-state index in [1.54, 1.807) is 46.9 Å². The van der Waals surface area contributed by atoms with Gasteiger partial charge < -0.3 is 25.3 Å². The van der Waals surface area contributed by atoms with E-state index in [0.29, 0.717) is 35.2 Å². The van der Waals surface area contributed by atoms with E-state index in [2.05, 4.69) is 10.3 Å². The molecule has 0 fully saturated rings. The van der Waals surface area contributed by atoms with Crippen LogP contribution >= 0.6 is 22.6 Å². The largest absolute Gasteiger partial charge is 0.506 e. The minimum absolute atomic E-state index is 0.0219. The Morgan fingerprint density at radius 2 is 1.82 bits per heavy atom. The quantitative estimate of drug-likeness (QED) is 0.136. The molecule has 0 saturated carbocycles. The number of fused-ring (bicyclic) bond motifs is 1. The SMILES string of the molecule is O=c1ccc2c([C@@H](O)CNCCCCCCOCC(F)(I)c3ccccc3)ccc(O)c2[nH]1. The summed E-state index contributed by atoms with van der Waals surface area (Å²) < 4.78 is 18.7. The summed E-state index contributed by atoms with van der Waals surface area (Å²) in [6, 6.07) is 15.2. The zero-order valence-corrected chi connectivity index (χ0v) is 20.6. The molecule has 3 aromatic rings. The zero-order valence-electron chi connectivity index (χ0n) is 18.4. The molecule has 3 rings (SSSR count). The van der Waals surface area contributed by atoms with E-state index in [1.165, 1.54) is 12.1 Å². The van der Waals surface area contributed by atoms with Crippen molar-refractivity contribution in [3.8, 4) is 5.75 Å². The zero-order chi connectivity index (χ0) is 23.7. The average molecular weight is 568 g/mol. The summed E-state index contributed by atoms with van der Waals surface area (Å²) in [6.07, 6.45) is 3.08. The van der Waals surface area contributed by atoms with Crippen LogP contribution < -0.4 is 10.9 Å². The van der Waals surface area contributed by atoms with E-state index in [1.807, 2.05) is 18.2 Å². The molecule has 0 aliphatic heterocycles. The number of phenols is 1. The smallest absolute Gasteiger partial charge is 0.248 e. The van der Waals surface area contributed by atoms with Gasteiger partial charge in [-0.2, -0.15) is 0 Å². The number of aromatic amines is 1. The fourth-order valence-corrected chi connectivity index (χ4v) is 4.25. The molecular formula is C25H30FIN2O4. The molecule has 0 aliphatic carbocycles. The number of H-pyrrole nitrogens is 1. The number of hydrogen-bond acceptors (Lipinski definition) is 5. The van der Waals surface area contributed by atoms with Crippen molar-refractivity contribution in [2.75, 3.05) is 26.3 Å². The Morgan fingerprint density at radius 3 is 2.61 bits per heavy atom. The van der Waals surface area contributed by atoms with Gasteiger partial charge in [0.2, 0.25) is 9.23 Å². The summed E-state index contributed by atoms with van der Waals surface area (Å²) in [4.78, 5) is 14.1. The fraction of sp³-hybridized carbons (Fsp3) is 0.400. The highest BCUT2D eigenvalue weighted by atomic mass is 127. The van der Waals surface area contributed by atoms with Crippen molar-refractivity contribution in [2.24, 2.45) is 0 Å². The molecule has 6 nitrogen and oxygen atoms in total. The van der Waals surface area contributed by atoms with Crippen molar-refractivity contribution >= 4 is 33.5 Å². The first-order valence-electron chi connectivity index (χ1n) is 11.1. The maximum Gasteiger partial charge on any atom is 0.248 e. The molecule has 1 heterocycles. The molecule has 1 aromatic heterocycles. The van der Waals surface area contributed by atoms with Crippen LogP contribution in [-0.2, 0) is 8.41 Å². The highest BCUT2D eigenvalue weighted by molar-refractivity contribution is 14.1. The number of alkyl halides is 2. The van der Waals surface area contributed by atoms with Gasteiger partial charge >= 0.3 is 0 Å². The highest BCUT2D eigenvalue weighted by Gasteiger charge is 2.28. The molecule has 2 aromatic carbocycles. The first-order valence-corrected chi connectivity index (χ1v) is 12.2. The Balaban J connectivity index is 1.29. The van der Waals surface area contributed by atoms with Crippen LogP contribution in [0.1, 0.15) is 42.9 Å². The van der Waals surface area contributed by atoms with Gasteiger partial charge in [-0.15, -0.1) is 0 Å². The standard InChI is InChI=1S/C25H30FIN2O4/c26-25(27,18-8-4-3-5-9-18)17-33-15-7-2-1-6-14-28-16-22(31)19-10-12-21(30)24-20(19)11-13-23(32)29-24/h3-5,8-13,22,28,30-31H,1-2,6-7,14-17H2,(H,29,32)/t22-,25?/m0/s1. The third-order valence-electron chi connectivity index (χ3n) is 5.48. The number of ether oxygens (including phenoxy) is 1. The van der Waals surface area contributed by atoms with E-state index in [-0.39, 0.29) is 17.9 Å². The molecule has 2 atom stereocenters. The molecule has 8 heteroatoms. The van der Waals surface area contributed by atoms with Crippen molar-refractivity contribution < 1.29 is 19.3 Å². The van der Waals surface area contributed by atoms with Gasteiger partial charge in [-0.05, 0) is 59.7 Å². The summed E-state index contributed by atoms with van der Waals surface area (Å²) in [7, 11) is 0. The lowest BCUT2D eigenvalue weighted by atomic mass is 10.0. The van der Waals surface area contributed by atoms with Gasteiger partial charge in [0.1, 0.15) is 5.75 Å². The second-order valence-corrected chi connectivity index (χ2v) is 9.75. The fourth-order valence-electron chi connectivity index (χ4n) is 3.67. The number of unbranched alkanes of at least 4 members (excludes halogenated alkanes) is 3. The third-order valence-corrected chi connectivity index (χ3v) is 6.41. The minimum Gasteiger partial charge on any atom is -0.506 e. The highest BCUT2D eigenvalue weighted by Crippen LogP contribution is 2.33. The molecule has 33 heavy (non-hydrogen) atoms. The lowest BCUT2D eigenvalue weighted by Crippen LogP contribution is -2.23. The third kappa shape index (κ3) is 7.49. The van der Waals surface area contributed by atoms with Crippen LogP contribution in [0.2, 0.25) is 0 Å². The number of aliphatic hydroxyl groups excluding tert-OH is 1. The number of benzene rings is 2. The predicted octanol–water partition coefficient (Wildman–Crippen LogP) is 4.69. The molecule has 0 saturated heterocycles. The summed E-state index contributed by atoms with van der Waals surface area (Å²) in [5.41, 5.74) is 1.30.